The highest BCUT2D eigenvalue weighted by atomic mass is 31.1. The van der Waals surface area contributed by atoms with Gasteiger partial charge in [0, 0.05) is 23.2 Å². The van der Waals surface area contributed by atoms with Crippen LogP contribution < -0.4 is 21.2 Å². The monoisotopic (exact) mass is 497 g/mol. The molecule has 1 aliphatic rings. The number of hydrogen-bond acceptors (Lipinski definition) is 2. The van der Waals surface area contributed by atoms with E-state index in [4.69, 9.17) is 4.52 Å². The van der Waals surface area contributed by atoms with E-state index in [9.17, 15) is 4.79 Å². The molecular weight excluding hydrogens is 468 g/mol. The molecule has 35 heavy (non-hydrogen) atoms. The smallest absolute Gasteiger partial charge is 0.413 e. The van der Waals surface area contributed by atoms with Crippen molar-refractivity contribution in [2.24, 2.45) is 0 Å². The number of carbonyl (C=O) groups is 1. The van der Waals surface area contributed by atoms with E-state index >= 15 is 0 Å². The molecule has 1 saturated heterocycles. The Morgan fingerprint density at radius 1 is 0.686 bits per heavy atom. The fraction of sp³-hybridized carbons (Fsp3) is 0.167. The molecule has 0 N–H and O–H groups in total. The number of rotatable bonds is 7. The zero-order valence-corrected chi connectivity index (χ0v) is 21.4. The van der Waals surface area contributed by atoms with Crippen molar-refractivity contribution in [1.82, 2.24) is 4.90 Å². The molecule has 1 unspecified atom stereocenters. The molecule has 0 radical (unpaired) electrons. The van der Waals surface area contributed by atoms with E-state index in [1.807, 2.05) is 41.3 Å². The third-order valence-corrected chi connectivity index (χ3v) is 10.8. The summed E-state index contributed by atoms with van der Waals surface area (Å²) in [5.74, 6) is 0. The molecule has 0 aliphatic carbocycles. The van der Waals surface area contributed by atoms with E-state index in [-0.39, 0.29) is 12.1 Å². The molecule has 0 spiro atoms. The summed E-state index contributed by atoms with van der Waals surface area (Å²) >= 11 is 0. The minimum absolute atomic E-state index is 0.178. The zero-order chi connectivity index (χ0) is 23.9. The Balaban J connectivity index is 1.38. The second-order valence-electron chi connectivity index (χ2n) is 8.59. The van der Waals surface area contributed by atoms with Gasteiger partial charge in [0.05, 0.1) is 0 Å². The van der Waals surface area contributed by atoms with Crippen molar-refractivity contribution in [3.8, 4) is 0 Å². The standard InChI is InChI=1S/C30H29NO2P2/c32-30(33-35(28-19-9-3-10-20-28)29-21-11-4-12-22-29)31-23-13-14-25(31)24-34(26-15-5-1-6-16-26)27-17-7-2-8-18-27/h1-12,15-22,25H,13-14,23-24H2. The van der Waals surface area contributed by atoms with Crippen LogP contribution in [0.2, 0.25) is 0 Å². The van der Waals surface area contributed by atoms with Crippen LogP contribution in [-0.2, 0) is 4.52 Å². The molecule has 3 nitrogen and oxygen atoms in total. The van der Waals surface area contributed by atoms with Crippen LogP contribution in [-0.4, -0.2) is 29.7 Å². The lowest BCUT2D eigenvalue weighted by Gasteiger charge is -2.30. The second-order valence-corrected chi connectivity index (χ2v) is 12.7. The Bertz CT molecular complexity index is 1130. The molecule has 1 fully saturated rings. The minimum atomic E-state index is -1.22. The lowest BCUT2D eigenvalue weighted by atomic mass is 10.2. The molecule has 1 heterocycles. The molecule has 1 aliphatic heterocycles. The maximum Gasteiger partial charge on any atom is 0.413 e. The van der Waals surface area contributed by atoms with Crippen molar-refractivity contribution in [3.05, 3.63) is 121 Å². The van der Waals surface area contributed by atoms with Crippen LogP contribution in [0.3, 0.4) is 0 Å². The lowest BCUT2D eigenvalue weighted by molar-refractivity contribution is 0.157. The Hall–Kier alpha value is -2.99. The summed E-state index contributed by atoms with van der Waals surface area (Å²) in [7, 11) is -1.78. The number of amides is 1. The Kier molecular flexibility index (Phi) is 7.89. The van der Waals surface area contributed by atoms with Gasteiger partial charge in [-0.3, -0.25) is 0 Å². The van der Waals surface area contributed by atoms with Crippen molar-refractivity contribution in [2.75, 3.05) is 12.7 Å². The van der Waals surface area contributed by atoms with Crippen molar-refractivity contribution < 1.29 is 9.32 Å². The number of likely N-dealkylation sites (tertiary alicyclic amines) is 1. The molecular formula is C30H29NO2P2. The van der Waals surface area contributed by atoms with Crippen LogP contribution in [0.4, 0.5) is 4.79 Å². The maximum atomic E-state index is 13.6. The maximum absolute atomic E-state index is 13.6. The van der Waals surface area contributed by atoms with E-state index in [0.717, 1.165) is 36.2 Å². The number of hydrogen-bond donors (Lipinski definition) is 0. The lowest BCUT2D eigenvalue weighted by Crippen LogP contribution is -2.39. The third-order valence-electron chi connectivity index (χ3n) is 6.29. The van der Waals surface area contributed by atoms with E-state index in [1.165, 1.54) is 10.6 Å². The zero-order valence-electron chi connectivity index (χ0n) is 19.6. The number of carbonyl (C=O) groups excluding carboxylic acids is 1. The molecule has 5 heteroatoms. The van der Waals surface area contributed by atoms with Gasteiger partial charge in [-0.25, -0.2) is 4.79 Å². The molecule has 0 saturated carbocycles. The molecule has 1 amide bonds. The fourth-order valence-electron chi connectivity index (χ4n) is 4.56. The van der Waals surface area contributed by atoms with E-state index < -0.39 is 16.1 Å². The SMILES string of the molecule is O=C(OP(c1ccccc1)c1ccccc1)N1CCCC1CP(c1ccccc1)c1ccccc1. The third kappa shape index (κ3) is 5.81. The number of nitrogens with zero attached hydrogens (tertiary/aromatic N) is 1. The Morgan fingerprint density at radius 2 is 1.11 bits per heavy atom. The molecule has 1 atom stereocenters. The Morgan fingerprint density at radius 3 is 1.57 bits per heavy atom. The van der Waals surface area contributed by atoms with E-state index in [2.05, 4.69) is 84.9 Å². The number of benzene rings is 4. The first-order chi connectivity index (χ1) is 17.3. The topological polar surface area (TPSA) is 29.5 Å². The minimum Gasteiger partial charge on any atom is -0.419 e. The molecule has 5 rings (SSSR count). The van der Waals surface area contributed by atoms with Crippen LogP contribution in [0.25, 0.3) is 0 Å². The van der Waals surface area contributed by atoms with E-state index in [0.29, 0.717) is 0 Å². The van der Waals surface area contributed by atoms with Gasteiger partial charge in [-0.2, -0.15) is 0 Å². The van der Waals surface area contributed by atoms with Gasteiger partial charge in [0.25, 0.3) is 0 Å². The predicted molar refractivity (Wildman–Crippen MR) is 149 cm³/mol. The van der Waals surface area contributed by atoms with Crippen LogP contribution in [0.1, 0.15) is 12.8 Å². The highest BCUT2D eigenvalue weighted by molar-refractivity contribution is 7.73. The normalized spacial score (nSPS) is 15.5. The molecule has 0 aromatic heterocycles. The van der Waals surface area contributed by atoms with Gasteiger partial charge < -0.3 is 9.42 Å². The first-order valence-electron chi connectivity index (χ1n) is 12.1. The van der Waals surface area contributed by atoms with Gasteiger partial charge in [-0.15, -0.1) is 0 Å². The first kappa shape index (κ1) is 23.7. The highest BCUT2D eigenvalue weighted by Gasteiger charge is 2.34. The predicted octanol–water partition coefficient (Wildman–Crippen LogP) is 5.77. The summed E-state index contributed by atoms with van der Waals surface area (Å²) in [6.45, 7) is 0.753. The van der Waals surface area contributed by atoms with Gasteiger partial charge in [0.15, 0.2) is 8.15 Å². The van der Waals surface area contributed by atoms with Crippen LogP contribution in [0.5, 0.6) is 0 Å². The summed E-state index contributed by atoms with van der Waals surface area (Å²) in [5, 5.41) is 4.80. The van der Waals surface area contributed by atoms with Gasteiger partial charge in [0.2, 0.25) is 0 Å². The van der Waals surface area contributed by atoms with Gasteiger partial charge >= 0.3 is 6.09 Å². The molecule has 176 valence electrons. The highest BCUT2D eigenvalue weighted by Crippen LogP contribution is 2.40. The van der Waals surface area contributed by atoms with Crippen molar-refractivity contribution >= 4 is 43.4 Å². The fourth-order valence-corrected chi connectivity index (χ4v) is 8.81. The summed E-state index contributed by atoms with van der Waals surface area (Å²) < 4.78 is 6.29. The average Bonchev–Trinajstić information content (AvgIpc) is 3.41. The first-order valence-corrected chi connectivity index (χ1v) is 14.8. The summed E-state index contributed by atoms with van der Waals surface area (Å²) in [6, 6.07) is 41.9. The average molecular weight is 498 g/mol. The van der Waals surface area contributed by atoms with Gasteiger partial charge in [0.1, 0.15) is 0 Å². The molecule has 0 bridgehead atoms. The van der Waals surface area contributed by atoms with Crippen molar-refractivity contribution in [1.29, 1.82) is 0 Å². The van der Waals surface area contributed by atoms with Crippen molar-refractivity contribution in [3.63, 3.8) is 0 Å². The summed E-state index contributed by atoms with van der Waals surface area (Å²) in [4.78, 5) is 15.6. The molecule has 4 aromatic carbocycles. The van der Waals surface area contributed by atoms with Crippen LogP contribution in [0.15, 0.2) is 121 Å². The largest absolute Gasteiger partial charge is 0.419 e. The quantitative estimate of drug-likeness (QED) is 0.304. The Labute approximate surface area is 210 Å². The summed E-state index contributed by atoms with van der Waals surface area (Å²) in [5.41, 5.74) is 0. The second kappa shape index (κ2) is 11.6. The van der Waals surface area contributed by atoms with Crippen LogP contribution in [0, 0.1) is 0 Å². The van der Waals surface area contributed by atoms with Crippen molar-refractivity contribution in [2.45, 2.75) is 18.9 Å². The van der Waals surface area contributed by atoms with E-state index in [1.54, 1.807) is 0 Å². The van der Waals surface area contributed by atoms with Gasteiger partial charge in [-0.05, 0) is 37.5 Å². The molecule has 4 aromatic rings. The van der Waals surface area contributed by atoms with Gasteiger partial charge in [-0.1, -0.05) is 121 Å². The van der Waals surface area contributed by atoms with Crippen LogP contribution >= 0.6 is 16.1 Å². The summed E-state index contributed by atoms with van der Waals surface area (Å²) in [6.07, 6.45) is 2.79.